The van der Waals surface area contributed by atoms with E-state index in [1.807, 2.05) is 30.3 Å². The number of fused-ring (bicyclic) bond motifs is 1. The lowest BCUT2D eigenvalue weighted by Crippen LogP contribution is -2.60. The van der Waals surface area contributed by atoms with Gasteiger partial charge in [-0.25, -0.2) is 4.79 Å². The van der Waals surface area contributed by atoms with Gasteiger partial charge in [-0.1, -0.05) is 48.9 Å². The van der Waals surface area contributed by atoms with Crippen molar-refractivity contribution in [2.75, 3.05) is 7.05 Å². The highest BCUT2D eigenvalue weighted by Crippen LogP contribution is 2.50. The summed E-state index contributed by atoms with van der Waals surface area (Å²) in [5.74, 6) is -4.73. The van der Waals surface area contributed by atoms with Crippen LogP contribution in [-0.2, 0) is 19.2 Å². The molecule has 4 unspecified atom stereocenters. The average Bonchev–Trinajstić information content (AvgIpc) is 3.05. The summed E-state index contributed by atoms with van der Waals surface area (Å²) in [6.45, 7) is 1.41. The van der Waals surface area contributed by atoms with Gasteiger partial charge in [0.05, 0.1) is 17.9 Å². The predicted molar refractivity (Wildman–Crippen MR) is 104 cm³/mol. The molecule has 0 bridgehead atoms. The molecule has 7 heteroatoms. The first kappa shape index (κ1) is 19.4. The zero-order chi connectivity index (χ0) is 20.9. The molecule has 3 aliphatic rings. The Kier molecular flexibility index (Phi) is 4.56. The molecule has 152 valence electrons. The van der Waals surface area contributed by atoms with Crippen molar-refractivity contribution in [3.63, 3.8) is 0 Å². The lowest BCUT2D eigenvalue weighted by atomic mass is 9.80. The molecular weight excluding hydrogens is 372 g/mol. The predicted octanol–water partition coefficient (Wildman–Crippen LogP) is 1.78. The SMILES string of the molecule is CN1C(=O)C2C(C=Cc3ccccc3)N(C(=O)C3CCC3)C(C)(C(=O)O)C2C1=O. The number of carbonyl (C=O) groups excluding carboxylic acids is 3. The van der Waals surface area contributed by atoms with Crippen molar-refractivity contribution in [2.24, 2.45) is 17.8 Å². The van der Waals surface area contributed by atoms with E-state index in [4.69, 9.17) is 0 Å². The van der Waals surface area contributed by atoms with Gasteiger partial charge in [-0.15, -0.1) is 0 Å². The summed E-state index contributed by atoms with van der Waals surface area (Å²) in [6.07, 6.45) is 5.83. The number of hydrogen-bond acceptors (Lipinski definition) is 4. The van der Waals surface area contributed by atoms with Gasteiger partial charge in [-0.3, -0.25) is 19.3 Å². The Morgan fingerprint density at radius 1 is 1.14 bits per heavy atom. The maximum atomic E-state index is 13.3. The van der Waals surface area contributed by atoms with Crippen LogP contribution in [0.2, 0.25) is 0 Å². The fourth-order valence-corrected chi connectivity index (χ4v) is 4.83. The van der Waals surface area contributed by atoms with Crippen LogP contribution in [0.3, 0.4) is 0 Å². The lowest BCUT2D eigenvalue weighted by Gasteiger charge is -2.41. The molecule has 1 saturated carbocycles. The molecule has 2 saturated heterocycles. The Hall–Kier alpha value is -2.96. The number of aliphatic carboxylic acids is 1. The van der Waals surface area contributed by atoms with Crippen molar-refractivity contribution >= 4 is 29.8 Å². The molecule has 0 spiro atoms. The summed E-state index contributed by atoms with van der Waals surface area (Å²) < 4.78 is 0. The molecule has 4 rings (SSSR count). The minimum absolute atomic E-state index is 0.247. The van der Waals surface area contributed by atoms with Crippen molar-refractivity contribution in [1.82, 2.24) is 9.80 Å². The van der Waals surface area contributed by atoms with Crippen molar-refractivity contribution in [3.8, 4) is 0 Å². The molecule has 4 atom stereocenters. The van der Waals surface area contributed by atoms with Crippen LogP contribution >= 0.6 is 0 Å². The Labute approximate surface area is 169 Å². The number of carboxylic acid groups (broad SMARTS) is 1. The van der Waals surface area contributed by atoms with Crippen LogP contribution in [0.25, 0.3) is 6.08 Å². The Balaban J connectivity index is 1.82. The summed E-state index contributed by atoms with van der Waals surface area (Å²) >= 11 is 0. The fraction of sp³-hybridized carbons (Fsp3) is 0.455. The molecule has 7 nitrogen and oxygen atoms in total. The second-order valence-corrected chi connectivity index (χ2v) is 8.29. The third-order valence-electron chi connectivity index (χ3n) is 6.75. The minimum atomic E-state index is -1.76. The molecule has 1 aromatic carbocycles. The Bertz CT molecular complexity index is 907. The molecular formula is C22H24N2O5. The van der Waals surface area contributed by atoms with Crippen LogP contribution in [0.4, 0.5) is 0 Å². The molecule has 0 radical (unpaired) electrons. The van der Waals surface area contributed by atoms with Crippen LogP contribution in [0.5, 0.6) is 0 Å². The smallest absolute Gasteiger partial charge is 0.330 e. The van der Waals surface area contributed by atoms with E-state index in [0.29, 0.717) is 12.8 Å². The van der Waals surface area contributed by atoms with E-state index in [0.717, 1.165) is 16.9 Å². The Morgan fingerprint density at radius 3 is 2.34 bits per heavy atom. The van der Waals surface area contributed by atoms with Gasteiger partial charge in [0, 0.05) is 13.0 Å². The van der Waals surface area contributed by atoms with Crippen LogP contribution in [0, 0.1) is 17.8 Å². The maximum Gasteiger partial charge on any atom is 0.330 e. The lowest BCUT2D eigenvalue weighted by molar-refractivity contribution is -0.164. The topological polar surface area (TPSA) is 95.0 Å². The molecule has 1 aliphatic carbocycles. The van der Waals surface area contributed by atoms with Gasteiger partial charge in [-0.2, -0.15) is 0 Å². The van der Waals surface area contributed by atoms with E-state index in [9.17, 15) is 24.3 Å². The average molecular weight is 396 g/mol. The van der Waals surface area contributed by atoms with Crippen LogP contribution in [-0.4, -0.2) is 57.2 Å². The maximum absolute atomic E-state index is 13.3. The highest BCUT2D eigenvalue weighted by Gasteiger charge is 2.70. The van der Waals surface area contributed by atoms with E-state index in [1.165, 1.54) is 18.9 Å². The molecule has 29 heavy (non-hydrogen) atoms. The van der Waals surface area contributed by atoms with Gasteiger partial charge in [0.2, 0.25) is 17.7 Å². The Morgan fingerprint density at radius 2 is 1.79 bits per heavy atom. The third-order valence-corrected chi connectivity index (χ3v) is 6.75. The molecule has 3 fully saturated rings. The van der Waals surface area contributed by atoms with Crippen molar-refractivity contribution in [2.45, 2.75) is 37.8 Å². The van der Waals surface area contributed by atoms with E-state index in [-0.39, 0.29) is 11.8 Å². The number of carbonyl (C=O) groups is 4. The number of imide groups is 1. The normalized spacial score (nSPS) is 32.0. The first-order valence-corrected chi connectivity index (χ1v) is 9.89. The van der Waals surface area contributed by atoms with Gasteiger partial charge in [0.1, 0.15) is 0 Å². The number of benzene rings is 1. The summed E-state index contributed by atoms with van der Waals surface area (Å²) in [7, 11) is 1.38. The third kappa shape index (κ3) is 2.71. The molecule has 1 N–H and O–H groups in total. The molecule has 2 heterocycles. The fourth-order valence-electron chi connectivity index (χ4n) is 4.83. The largest absolute Gasteiger partial charge is 0.479 e. The molecule has 1 aromatic rings. The summed E-state index contributed by atoms with van der Waals surface area (Å²) in [4.78, 5) is 53.7. The number of amides is 3. The van der Waals surface area contributed by atoms with Crippen molar-refractivity contribution in [3.05, 3.63) is 42.0 Å². The van der Waals surface area contributed by atoms with E-state index >= 15 is 0 Å². The van der Waals surface area contributed by atoms with E-state index < -0.39 is 41.2 Å². The highest BCUT2D eigenvalue weighted by atomic mass is 16.4. The first-order chi connectivity index (χ1) is 13.8. The van der Waals surface area contributed by atoms with Gasteiger partial charge >= 0.3 is 5.97 Å². The molecule has 3 amide bonds. The van der Waals surface area contributed by atoms with Gasteiger partial charge in [0.25, 0.3) is 0 Å². The van der Waals surface area contributed by atoms with E-state index in [2.05, 4.69) is 0 Å². The van der Waals surface area contributed by atoms with Gasteiger partial charge in [0.15, 0.2) is 5.54 Å². The second-order valence-electron chi connectivity index (χ2n) is 8.29. The number of rotatable bonds is 4. The number of nitrogens with zero attached hydrogens (tertiary/aromatic N) is 2. The zero-order valence-corrected chi connectivity index (χ0v) is 16.4. The standard InChI is InChI=1S/C22H24N2O5/c1-22(21(28)29)17-16(19(26)23(2)20(17)27)15(12-11-13-7-4-3-5-8-13)24(22)18(25)14-9-6-10-14/h3-5,7-8,11-12,14-17H,6,9-10H2,1-2H3,(H,28,29). The van der Waals surface area contributed by atoms with Crippen LogP contribution in [0.15, 0.2) is 36.4 Å². The number of carboxylic acids is 1. The van der Waals surface area contributed by atoms with Crippen molar-refractivity contribution < 1.29 is 24.3 Å². The summed E-state index contributed by atoms with van der Waals surface area (Å²) in [5.41, 5.74) is -0.894. The van der Waals surface area contributed by atoms with Gasteiger partial charge < -0.3 is 10.0 Å². The molecule has 0 aromatic heterocycles. The quantitative estimate of drug-likeness (QED) is 0.783. The summed E-state index contributed by atoms with van der Waals surface area (Å²) in [6, 6.07) is 8.60. The number of likely N-dealkylation sites (tertiary alicyclic amines) is 2. The van der Waals surface area contributed by atoms with Crippen LogP contribution < -0.4 is 0 Å². The second kappa shape index (κ2) is 6.83. The highest BCUT2D eigenvalue weighted by molar-refractivity contribution is 6.10. The van der Waals surface area contributed by atoms with E-state index in [1.54, 1.807) is 12.2 Å². The first-order valence-electron chi connectivity index (χ1n) is 9.89. The molecule has 2 aliphatic heterocycles. The van der Waals surface area contributed by atoms with Gasteiger partial charge in [-0.05, 0) is 25.3 Å². The number of hydrogen-bond donors (Lipinski definition) is 1. The van der Waals surface area contributed by atoms with Crippen molar-refractivity contribution in [1.29, 1.82) is 0 Å². The zero-order valence-electron chi connectivity index (χ0n) is 16.4. The summed E-state index contributed by atoms with van der Waals surface area (Å²) in [5, 5.41) is 10.1. The van der Waals surface area contributed by atoms with Crippen LogP contribution in [0.1, 0.15) is 31.7 Å². The minimum Gasteiger partial charge on any atom is -0.479 e. The monoisotopic (exact) mass is 396 g/mol.